The fourth-order valence-electron chi connectivity index (χ4n) is 1.23. The summed E-state index contributed by atoms with van der Waals surface area (Å²) in [5.74, 6) is -0.0791. The van der Waals surface area contributed by atoms with Gasteiger partial charge in [-0.05, 0) is 41.7 Å². The van der Waals surface area contributed by atoms with E-state index in [1.54, 1.807) is 19.1 Å². The van der Waals surface area contributed by atoms with Gasteiger partial charge < -0.3 is 0 Å². The Morgan fingerprint density at radius 3 is 2.53 bits per heavy atom. The molecule has 0 heterocycles. The maximum Gasteiger partial charge on any atom is 0.146 e. The molecule has 1 rings (SSSR count). The highest BCUT2D eigenvalue weighted by molar-refractivity contribution is 5.82. The minimum Gasteiger partial charge on any atom is -0.298 e. The van der Waals surface area contributed by atoms with Crippen molar-refractivity contribution in [2.45, 2.75) is 20.8 Å². The van der Waals surface area contributed by atoms with Crippen LogP contribution in [-0.2, 0) is 4.79 Å². The quantitative estimate of drug-likeness (QED) is 0.547. The van der Waals surface area contributed by atoms with Crippen LogP contribution in [0.1, 0.15) is 25.0 Å². The van der Waals surface area contributed by atoms with Crippen LogP contribution in [0.15, 0.2) is 23.8 Å². The maximum absolute atomic E-state index is 13.2. The first-order valence-corrected chi connectivity index (χ1v) is 4.97. The highest BCUT2D eigenvalue weighted by Crippen LogP contribution is 2.15. The summed E-state index contributed by atoms with van der Waals surface area (Å²) in [7, 11) is 0. The van der Waals surface area contributed by atoms with Crippen molar-refractivity contribution in [1.29, 1.82) is 0 Å². The molecule has 0 amide bonds. The van der Waals surface area contributed by atoms with E-state index in [1.165, 1.54) is 6.07 Å². The average molecular weight is 206 g/mol. The molecule has 0 atom stereocenters. The van der Waals surface area contributed by atoms with Crippen molar-refractivity contribution in [2.75, 3.05) is 0 Å². The molecule has 0 bridgehead atoms. The largest absolute Gasteiger partial charge is 0.298 e. The Labute approximate surface area is 89.6 Å². The van der Waals surface area contributed by atoms with Gasteiger partial charge in [-0.2, -0.15) is 0 Å². The van der Waals surface area contributed by atoms with E-state index in [0.717, 1.165) is 11.8 Å². The molecule has 1 aromatic rings. The van der Waals surface area contributed by atoms with Crippen molar-refractivity contribution >= 4 is 12.4 Å². The number of carbonyl (C=O) groups is 1. The second-order valence-corrected chi connectivity index (χ2v) is 3.93. The maximum atomic E-state index is 13.2. The molecule has 0 fully saturated rings. The molecule has 1 nitrogen and oxygen atoms in total. The number of rotatable bonds is 3. The number of hydrogen-bond acceptors (Lipinski definition) is 1. The second kappa shape index (κ2) is 4.87. The molecule has 0 radical (unpaired) electrons. The lowest BCUT2D eigenvalue weighted by atomic mass is 10.0. The van der Waals surface area contributed by atoms with Gasteiger partial charge >= 0.3 is 0 Å². The van der Waals surface area contributed by atoms with E-state index in [-0.39, 0.29) is 11.7 Å². The molecule has 15 heavy (non-hydrogen) atoms. The molecule has 2 heteroatoms. The number of benzene rings is 1. The molecule has 1 aromatic carbocycles. The van der Waals surface area contributed by atoms with E-state index < -0.39 is 0 Å². The van der Waals surface area contributed by atoms with Crippen molar-refractivity contribution in [3.8, 4) is 0 Å². The van der Waals surface area contributed by atoms with Crippen LogP contribution in [0.25, 0.3) is 6.08 Å². The van der Waals surface area contributed by atoms with E-state index in [9.17, 15) is 9.18 Å². The SMILES string of the molecule is Cc1ccc(C=C(C=O)C(C)C)cc1F. The van der Waals surface area contributed by atoms with Crippen LogP contribution in [-0.4, -0.2) is 6.29 Å². The molecule has 80 valence electrons. The van der Waals surface area contributed by atoms with Gasteiger partial charge in [0.1, 0.15) is 12.1 Å². The lowest BCUT2D eigenvalue weighted by molar-refractivity contribution is -0.105. The number of hydrogen-bond donors (Lipinski definition) is 0. The average Bonchev–Trinajstić information content (AvgIpc) is 2.19. The highest BCUT2D eigenvalue weighted by Gasteiger charge is 2.03. The van der Waals surface area contributed by atoms with Gasteiger partial charge in [-0.25, -0.2) is 4.39 Å². The Morgan fingerprint density at radius 2 is 2.07 bits per heavy atom. The third-order valence-electron chi connectivity index (χ3n) is 2.33. The Bertz CT molecular complexity index is 392. The second-order valence-electron chi connectivity index (χ2n) is 3.93. The van der Waals surface area contributed by atoms with Gasteiger partial charge in [-0.3, -0.25) is 4.79 Å². The Morgan fingerprint density at radius 1 is 1.40 bits per heavy atom. The zero-order valence-corrected chi connectivity index (χ0v) is 9.25. The Kier molecular flexibility index (Phi) is 3.78. The zero-order chi connectivity index (χ0) is 11.4. The van der Waals surface area contributed by atoms with Gasteiger partial charge in [0.2, 0.25) is 0 Å². The summed E-state index contributed by atoms with van der Waals surface area (Å²) >= 11 is 0. The van der Waals surface area contributed by atoms with Gasteiger partial charge in [0.15, 0.2) is 0 Å². The minimum atomic E-state index is -0.238. The number of aldehydes is 1. The third-order valence-corrected chi connectivity index (χ3v) is 2.33. The topological polar surface area (TPSA) is 17.1 Å². The number of aryl methyl sites for hydroxylation is 1. The zero-order valence-electron chi connectivity index (χ0n) is 9.25. The molecule has 0 spiro atoms. The summed E-state index contributed by atoms with van der Waals surface area (Å²) in [6.07, 6.45) is 2.54. The van der Waals surface area contributed by atoms with E-state index in [1.807, 2.05) is 19.9 Å². The van der Waals surface area contributed by atoms with Crippen LogP contribution in [0.3, 0.4) is 0 Å². The first-order chi connectivity index (χ1) is 7.04. The lowest BCUT2D eigenvalue weighted by Gasteiger charge is -2.04. The number of carbonyl (C=O) groups excluding carboxylic acids is 1. The molecule has 0 saturated carbocycles. The minimum absolute atomic E-state index is 0.159. The van der Waals surface area contributed by atoms with Crippen molar-refractivity contribution in [3.05, 3.63) is 40.7 Å². The molecular weight excluding hydrogens is 191 g/mol. The summed E-state index contributed by atoms with van der Waals surface area (Å²) < 4.78 is 13.2. The van der Waals surface area contributed by atoms with E-state index in [4.69, 9.17) is 0 Å². The van der Waals surface area contributed by atoms with Crippen LogP contribution in [0, 0.1) is 18.7 Å². The molecule has 0 aliphatic rings. The first-order valence-electron chi connectivity index (χ1n) is 4.97. The molecule has 0 aromatic heterocycles. The van der Waals surface area contributed by atoms with E-state index in [2.05, 4.69) is 0 Å². The van der Waals surface area contributed by atoms with Crippen molar-refractivity contribution < 1.29 is 9.18 Å². The lowest BCUT2D eigenvalue weighted by Crippen LogP contribution is -1.95. The fraction of sp³-hybridized carbons (Fsp3) is 0.308. The Balaban J connectivity index is 3.07. The van der Waals surface area contributed by atoms with Crippen LogP contribution < -0.4 is 0 Å². The first kappa shape index (κ1) is 11.6. The molecular formula is C13H15FO. The monoisotopic (exact) mass is 206 g/mol. The van der Waals surface area contributed by atoms with Gasteiger partial charge in [0.25, 0.3) is 0 Å². The highest BCUT2D eigenvalue weighted by atomic mass is 19.1. The molecule has 0 saturated heterocycles. The molecule has 0 N–H and O–H groups in total. The standard InChI is InChI=1S/C13H15FO/c1-9(2)12(8-15)6-11-5-4-10(3)13(14)7-11/h4-9H,1-3H3. The summed E-state index contributed by atoms with van der Waals surface area (Å²) in [5, 5.41) is 0. The molecule has 0 unspecified atom stereocenters. The van der Waals surface area contributed by atoms with Gasteiger partial charge in [-0.15, -0.1) is 0 Å². The van der Waals surface area contributed by atoms with Gasteiger partial charge in [-0.1, -0.05) is 26.0 Å². The smallest absolute Gasteiger partial charge is 0.146 e. The predicted molar refractivity (Wildman–Crippen MR) is 60.0 cm³/mol. The summed E-state index contributed by atoms with van der Waals surface area (Å²) in [5.41, 5.74) is 2.02. The molecule has 0 aliphatic heterocycles. The fourth-order valence-corrected chi connectivity index (χ4v) is 1.23. The van der Waals surface area contributed by atoms with Crippen LogP contribution in [0.5, 0.6) is 0 Å². The summed E-state index contributed by atoms with van der Waals surface area (Å²) in [4.78, 5) is 10.7. The van der Waals surface area contributed by atoms with Gasteiger partial charge in [0, 0.05) is 0 Å². The molecule has 0 aliphatic carbocycles. The predicted octanol–water partition coefficient (Wildman–Crippen LogP) is 3.37. The van der Waals surface area contributed by atoms with Crippen molar-refractivity contribution in [2.24, 2.45) is 5.92 Å². The van der Waals surface area contributed by atoms with E-state index >= 15 is 0 Å². The Hall–Kier alpha value is -1.44. The number of allylic oxidation sites excluding steroid dienone is 1. The van der Waals surface area contributed by atoms with Crippen molar-refractivity contribution in [1.82, 2.24) is 0 Å². The van der Waals surface area contributed by atoms with Crippen LogP contribution in [0.4, 0.5) is 4.39 Å². The third kappa shape index (κ3) is 3.01. The van der Waals surface area contributed by atoms with Crippen LogP contribution in [0.2, 0.25) is 0 Å². The summed E-state index contributed by atoms with van der Waals surface area (Å²) in [6, 6.07) is 4.97. The van der Waals surface area contributed by atoms with Crippen molar-refractivity contribution in [3.63, 3.8) is 0 Å². The normalized spacial score (nSPS) is 11.9. The number of halogens is 1. The van der Waals surface area contributed by atoms with Crippen LogP contribution >= 0.6 is 0 Å². The van der Waals surface area contributed by atoms with Gasteiger partial charge in [0.05, 0.1) is 0 Å². The van der Waals surface area contributed by atoms with E-state index in [0.29, 0.717) is 11.1 Å². The summed E-state index contributed by atoms with van der Waals surface area (Å²) in [6.45, 7) is 5.58.